The highest BCUT2D eigenvalue weighted by Crippen LogP contribution is 2.32. The number of nitrogens with two attached hydrogens (primary N) is 1. The van der Waals surface area contributed by atoms with E-state index in [4.69, 9.17) is 24.5 Å². The van der Waals surface area contributed by atoms with Crippen molar-refractivity contribution in [1.29, 1.82) is 0 Å². The predicted octanol–water partition coefficient (Wildman–Crippen LogP) is 1.57. The van der Waals surface area contributed by atoms with Crippen LogP contribution in [0.25, 0.3) is 11.5 Å². The van der Waals surface area contributed by atoms with Gasteiger partial charge in [0.15, 0.2) is 17.3 Å². The quantitative estimate of drug-likeness (QED) is 0.864. The first-order valence-corrected chi connectivity index (χ1v) is 6.36. The van der Waals surface area contributed by atoms with Crippen LogP contribution in [0.2, 0.25) is 0 Å². The summed E-state index contributed by atoms with van der Waals surface area (Å²) >= 11 is 0. The van der Waals surface area contributed by atoms with E-state index >= 15 is 0 Å². The number of nitrogens with zero attached hydrogens (tertiary/aromatic N) is 2. The van der Waals surface area contributed by atoms with Gasteiger partial charge in [-0.15, -0.1) is 0 Å². The number of ether oxygens (including phenoxy) is 3. The average molecular weight is 293 g/mol. The topological polar surface area (TPSA) is 92.6 Å². The molecule has 0 amide bonds. The molecule has 1 heterocycles. The Labute approximate surface area is 123 Å². The van der Waals surface area contributed by atoms with E-state index in [1.165, 1.54) is 0 Å². The third-order valence-electron chi connectivity index (χ3n) is 3.01. The van der Waals surface area contributed by atoms with Crippen LogP contribution in [0, 0.1) is 0 Å². The van der Waals surface area contributed by atoms with Crippen LogP contribution in [0.1, 0.15) is 12.7 Å². The summed E-state index contributed by atoms with van der Waals surface area (Å²) in [5.74, 6) is 1.96. The molecule has 1 atom stereocenters. The smallest absolute Gasteiger partial charge is 0.258 e. The average Bonchev–Trinajstić information content (AvgIpc) is 2.97. The molecule has 21 heavy (non-hydrogen) atoms. The molecule has 1 aromatic carbocycles. The van der Waals surface area contributed by atoms with Gasteiger partial charge in [-0.05, 0) is 25.1 Å². The Morgan fingerprint density at radius 1 is 1.19 bits per heavy atom. The molecule has 2 rings (SSSR count). The minimum absolute atomic E-state index is 0.290. The summed E-state index contributed by atoms with van der Waals surface area (Å²) in [7, 11) is 4.71. The van der Waals surface area contributed by atoms with Gasteiger partial charge in [-0.25, -0.2) is 0 Å². The molecule has 0 radical (unpaired) electrons. The summed E-state index contributed by atoms with van der Waals surface area (Å²) in [4.78, 5) is 4.32. The van der Waals surface area contributed by atoms with Crippen molar-refractivity contribution < 1.29 is 18.7 Å². The predicted molar refractivity (Wildman–Crippen MR) is 76.3 cm³/mol. The van der Waals surface area contributed by atoms with Crippen LogP contribution >= 0.6 is 0 Å². The van der Waals surface area contributed by atoms with Crippen LogP contribution in [-0.2, 0) is 10.3 Å². The minimum atomic E-state index is -0.812. The van der Waals surface area contributed by atoms with E-state index in [0.29, 0.717) is 23.2 Å². The highest BCUT2D eigenvalue weighted by atomic mass is 16.5. The standard InChI is InChI=1S/C14H19N3O4/c1-14(15,8-18-2)13-16-12(21-17-13)9-5-6-10(19-3)11(7-9)20-4/h5-7H,8,15H2,1-4H3. The molecule has 0 saturated heterocycles. The zero-order valence-corrected chi connectivity index (χ0v) is 12.5. The van der Waals surface area contributed by atoms with Gasteiger partial charge in [-0.3, -0.25) is 0 Å². The maximum Gasteiger partial charge on any atom is 0.258 e. The lowest BCUT2D eigenvalue weighted by molar-refractivity contribution is 0.135. The molecule has 0 aliphatic rings. The van der Waals surface area contributed by atoms with Crippen LogP contribution in [0.15, 0.2) is 22.7 Å². The van der Waals surface area contributed by atoms with Crippen molar-refractivity contribution in [3.63, 3.8) is 0 Å². The molecule has 0 spiro atoms. The second-order valence-corrected chi connectivity index (χ2v) is 4.84. The Hall–Kier alpha value is -2.12. The summed E-state index contributed by atoms with van der Waals surface area (Å²) in [6.45, 7) is 2.07. The van der Waals surface area contributed by atoms with Crippen LogP contribution in [-0.4, -0.2) is 38.1 Å². The van der Waals surface area contributed by atoms with Crippen molar-refractivity contribution in [2.45, 2.75) is 12.5 Å². The Kier molecular flexibility index (Phi) is 4.44. The number of hydrogen-bond donors (Lipinski definition) is 1. The molecule has 0 saturated carbocycles. The summed E-state index contributed by atoms with van der Waals surface area (Å²) in [6.07, 6.45) is 0. The fourth-order valence-electron chi connectivity index (χ4n) is 1.91. The molecule has 1 aromatic heterocycles. The molecule has 114 valence electrons. The minimum Gasteiger partial charge on any atom is -0.493 e. The largest absolute Gasteiger partial charge is 0.493 e. The summed E-state index contributed by atoms with van der Waals surface area (Å²) in [6, 6.07) is 5.35. The van der Waals surface area contributed by atoms with E-state index in [1.54, 1.807) is 40.4 Å². The molecule has 0 aliphatic carbocycles. The van der Waals surface area contributed by atoms with Crippen LogP contribution < -0.4 is 15.2 Å². The monoisotopic (exact) mass is 293 g/mol. The van der Waals surface area contributed by atoms with Gasteiger partial charge in [0.1, 0.15) is 5.54 Å². The normalized spacial score (nSPS) is 13.8. The van der Waals surface area contributed by atoms with E-state index in [-0.39, 0.29) is 6.61 Å². The van der Waals surface area contributed by atoms with Gasteiger partial charge >= 0.3 is 0 Å². The number of aromatic nitrogens is 2. The third kappa shape index (κ3) is 3.14. The van der Waals surface area contributed by atoms with Crippen molar-refractivity contribution in [3.8, 4) is 23.0 Å². The van der Waals surface area contributed by atoms with Gasteiger partial charge in [-0.2, -0.15) is 4.98 Å². The number of rotatable bonds is 6. The van der Waals surface area contributed by atoms with Crippen LogP contribution in [0.4, 0.5) is 0 Å². The van der Waals surface area contributed by atoms with Crippen molar-refractivity contribution in [3.05, 3.63) is 24.0 Å². The summed E-state index contributed by atoms with van der Waals surface area (Å²) in [5, 5.41) is 3.92. The maximum atomic E-state index is 6.09. The fraction of sp³-hybridized carbons (Fsp3) is 0.429. The Bertz CT molecular complexity index is 610. The maximum absolute atomic E-state index is 6.09. The van der Waals surface area contributed by atoms with E-state index in [2.05, 4.69) is 10.1 Å². The number of methoxy groups -OCH3 is 3. The molecule has 1 unspecified atom stereocenters. The SMILES string of the molecule is COCC(C)(N)c1noc(-c2ccc(OC)c(OC)c2)n1. The molecular formula is C14H19N3O4. The van der Waals surface area contributed by atoms with Gasteiger partial charge in [0.2, 0.25) is 0 Å². The number of hydrogen-bond acceptors (Lipinski definition) is 7. The second-order valence-electron chi connectivity index (χ2n) is 4.84. The van der Waals surface area contributed by atoms with Gasteiger partial charge in [-0.1, -0.05) is 5.16 Å². The van der Waals surface area contributed by atoms with E-state index in [0.717, 1.165) is 5.56 Å². The first kappa shape index (κ1) is 15.3. The molecule has 7 nitrogen and oxygen atoms in total. The zero-order chi connectivity index (χ0) is 15.5. The van der Waals surface area contributed by atoms with Crippen molar-refractivity contribution in [2.24, 2.45) is 5.73 Å². The van der Waals surface area contributed by atoms with E-state index in [1.807, 2.05) is 6.07 Å². The molecular weight excluding hydrogens is 274 g/mol. The van der Waals surface area contributed by atoms with Gasteiger partial charge in [0.25, 0.3) is 5.89 Å². The fourth-order valence-corrected chi connectivity index (χ4v) is 1.91. The van der Waals surface area contributed by atoms with Gasteiger partial charge < -0.3 is 24.5 Å². The zero-order valence-electron chi connectivity index (χ0n) is 12.5. The number of benzene rings is 1. The van der Waals surface area contributed by atoms with E-state index in [9.17, 15) is 0 Å². The lowest BCUT2D eigenvalue weighted by Gasteiger charge is -2.18. The Morgan fingerprint density at radius 2 is 1.90 bits per heavy atom. The first-order chi connectivity index (χ1) is 10.0. The van der Waals surface area contributed by atoms with Gasteiger partial charge in [0, 0.05) is 12.7 Å². The molecule has 2 N–H and O–H groups in total. The van der Waals surface area contributed by atoms with Crippen molar-refractivity contribution in [1.82, 2.24) is 10.1 Å². The molecule has 0 fully saturated rings. The molecule has 2 aromatic rings. The van der Waals surface area contributed by atoms with Crippen molar-refractivity contribution in [2.75, 3.05) is 27.9 Å². The molecule has 0 bridgehead atoms. The summed E-state index contributed by atoms with van der Waals surface area (Å²) < 4.78 is 20.8. The lowest BCUT2D eigenvalue weighted by atomic mass is 10.1. The van der Waals surface area contributed by atoms with Gasteiger partial charge in [0.05, 0.1) is 20.8 Å². The first-order valence-electron chi connectivity index (χ1n) is 6.36. The lowest BCUT2D eigenvalue weighted by Crippen LogP contribution is -2.38. The molecule has 0 aliphatic heterocycles. The van der Waals surface area contributed by atoms with Crippen LogP contribution in [0.3, 0.4) is 0 Å². The highest BCUT2D eigenvalue weighted by Gasteiger charge is 2.28. The van der Waals surface area contributed by atoms with E-state index < -0.39 is 5.54 Å². The second kappa shape index (κ2) is 6.11. The van der Waals surface area contributed by atoms with Crippen molar-refractivity contribution >= 4 is 0 Å². The molecule has 7 heteroatoms. The summed E-state index contributed by atoms with van der Waals surface area (Å²) in [5.41, 5.74) is 6.00. The van der Waals surface area contributed by atoms with Crippen LogP contribution in [0.5, 0.6) is 11.5 Å². The third-order valence-corrected chi connectivity index (χ3v) is 3.01. The highest BCUT2D eigenvalue weighted by molar-refractivity contribution is 5.59. The Balaban J connectivity index is 2.33. The Morgan fingerprint density at radius 3 is 2.52 bits per heavy atom.